The molecule has 0 aliphatic rings. The average Bonchev–Trinajstić information content (AvgIpc) is 2.85. The van der Waals surface area contributed by atoms with Gasteiger partial charge in [-0.1, -0.05) is 28.1 Å². The van der Waals surface area contributed by atoms with Crippen molar-refractivity contribution in [2.75, 3.05) is 5.33 Å². The molecule has 0 N–H and O–H groups in total. The van der Waals surface area contributed by atoms with Crippen LogP contribution in [0.2, 0.25) is 0 Å². The summed E-state index contributed by atoms with van der Waals surface area (Å²) in [6, 6.07) is 6.48. The van der Waals surface area contributed by atoms with Crippen LogP contribution in [-0.2, 0) is 0 Å². The third-order valence-electron chi connectivity index (χ3n) is 1.80. The van der Waals surface area contributed by atoms with E-state index in [2.05, 4.69) is 57.0 Å². The summed E-state index contributed by atoms with van der Waals surface area (Å²) in [5.41, 5.74) is 1.33. The summed E-state index contributed by atoms with van der Waals surface area (Å²) in [5, 5.41) is 5.24. The molecule has 3 heteroatoms. The maximum atomic E-state index is 3.37. The van der Waals surface area contributed by atoms with Gasteiger partial charge in [0.2, 0.25) is 0 Å². The standard InChI is InChI=1S/C11H9BrS2/c12-5-1-3-10-7-9(8-14-10)11-4-2-6-13-11/h1-4,6-8H,5H2. The molecule has 0 amide bonds. The SMILES string of the molecule is BrCC=Cc1cc(-c2cccs2)cs1. The minimum atomic E-state index is 0.916. The largest absolute Gasteiger partial charge is 0.144 e. The lowest BCUT2D eigenvalue weighted by atomic mass is 10.2. The van der Waals surface area contributed by atoms with Crippen LogP contribution in [-0.4, -0.2) is 5.33 Å². The first-order valence-electron chi connectivity index (χ1n) is 4.25. The summed E-state index contributed by atoms with van der Waals surface area (Å²) >= 11 is 6.95. The van der Waals surface area contributed by atoms with E-state index in [0.29, 0.717) is 0 Å². The molecule has 0 aromatic carbocycles. The van der Waals surface area contributed by atoms with Crippen molar-refractivity contribution in [3.8, 4) is 10.4 Å². The Bertz CT molecular complexity index is 412. The minimum absolute atomic E-state index is 0.916. The molecule has 0 bridgehead atoms. The van der Waals surface area contributed by atoms with Gasteiger partial charge in [-0.25, -0.2) is 0 Å². The number of rotatable bonds is 3. The summed E-state index contributed by atoms with van der Waals surface area (Å²) in [5.74, 6) is 0. The third-order valence-corrected chi connectivity index (χ3v) is 3.99. The second kappa shape index (κ2) is 4.91. The van der Waals surface area contributed by atoms with Gasteiger partial charge in [0, 0.05) is 20.6 Å². The van der Waals surface area contributed by atoms with Crippen molar-refractivity contribution in [3.05, 3.63) is 39.9 Å². The van der Waals surface area contributed by atoms with Crippen molar-refractivity contribution >= 4 is 44.7 Å². The molecule has 72 valence electrons. The van der Waals surface area contributed by atoms with E-state index in [-0.39, 0.29) is 0 Å². The molecule has 2 aromatic rings. The second-order valence-corrected chi connectivity index (χ2v) is 5.31. The summed E-state index contributed by atoms with van der Waals surface area (Å²) in [6.07, 6.45) is 4.26. The molecular weight excluding hydrogens is 276 g/mol. The minimum Gasteiger partial charge on any atom is -0.144 e. The predicted molar refractivity (Wildman–Crippen MR) is 70.5 cm³/mol. The van der Waals surface area contributed by atoms with E-state index in [4.69, 9.17) is 0 Å². The van der Waals surface area contributed by atoms with Crippen LogP contribution in [0.25, 0.3) is 16.5 Å². The van der Waals surface area contributed by atoms with Gasteiger partial charge in [-0.2, -0.15) is 0 Å². The third kappa shape index (κ3) is 2.35. The van der Waals surface area contributed by atoms with Crippen molar-refractivity contribution in [1.82, 2.24) is 0 Å². The Balaban J connectivity index is 2.22. The fraction of sp³-hybridized carbons (Fsp3) is 0.0909. The molecule has 0 atom stereocenters. The van der Waals surface area contributed by atoms with Crippen molar-refractivity contribution in [2.45, 2.75) is 0 Å². The average molecular weight is 285 g/mol. The van der Waals surface area contributed by atoms with Gasteiger partial charge in [-0.3, -0.25) is 0 Å². The molecule has 0 spiro atoms. The molecular formula is C11H9BrS2. The highest BCUT2D eigenvalue weighted by molar-refractivity contribution is 9.09. The smallest absolute Gasteiger partial charge is 0.0351 e. The number of hydrogen-bond acceptors (Lipinski definition) is 2. The molecule has 2 rings (SSSR count). The van der Waals surface area contributed by atoms with E-state index >= 15 is 0 Å². The Kier molecular flexibility index (Phi) is 3.56. The molecule has 14 heavy (non-hydrogen) atoms. The number of hydrogen-bond donors (Lipinski definition) is 0. The van der Waals surface area contributed by atoms with Crippen molar-refractivity contribution in [3.63, 3.8) is 0 Å². The van der Waals surface area contributed by atoms with Crippen LogP contribution in [0.3, 0.4) is 0 Å². The quantitative estimate of drug-likeness (QED) is 0.705. The first-order valence-corrected chi connectivity index (χ1v) is 7.13. The Morgan fingerprint density at radius 2 is 2.29 bits per heavy atom. The number of thiophene rings is 2. The molecule has 0 fully saturated rings. The highest BCUT2D eigenvalue weighted by Crippen LogP contribution is 2.29. The first kappa shape index (κ1) is 10.1. The van der Waals surface area contributed by atoms with E-state index in [0.717, 1.165) is 5.33 Å². The lowest BCUT2D eigenvalue weighted by Crippen LogP contribution is -1.62. The van der Waals surface area contributed by atoms with Crippen LogP contribution in [0.4, 0.5) is 0 Å². The molecule has 0 saturated heterocycles. The summed E-state index contributed by atoms with van der Waals surface area (Å²) < 4.78 is 0. The summed E-state index contributed by atoms with van der Waals surface area (Å²) in [4.78, 5) is 2.66. The normalized spacial score (nSPS) is 11.2. The fourth-order valence-corrected chi connectivity index (χ4v) is 2.98. The van der Waals surface area contributed by atoms with Crippen LogP contribution in [0.15, 0.2) is 35.0 Å². The van der Waals surface area contributed by atoms with E-state index in [1.165, 1.54) is 15.3 Å². The lowest BCUT2D eigenvalue weighted by molar-refractivity contribution is 1.82. The van der Waals surface area contributed by atoms with Gasteiger partial charge in [-0.15, -0.1) is 22.7 Å². The molecule has 0 aliphatic carbocycles. The van der Waals surface area contributed by atoms with Crippen LogP contribution in [0, 0.1) is 0 Å². The van der Waals surface area contributed by atoms with Crippen LogP contribution >= 0.6 is 38.6 Å². The molecule has 0 unspecified atom stereocenters. The lowest BCUT2D eigenvalue weighted by Gasteiger charge is -1.87. The second-order valence-electron chi connectivity index (χ2n) is 2.77. The zero-order valence-corrected chi connectivity index (χ0v) is 10.7. The van der Waals surface area contributed by atoms with Gasteiger partial charge >= 0.3 is 0 Å². The number of allylic oxidation sites excluding steroid dienone is 1. The molecule has 0 saturated carbocycles. The zero-order chi connectivity index (χ0) is 9.80. The monoisotopic (exact) mass is 284 g/mol. The van der Waals surface area contributed by atoms with E-state index in [1.54, 1.807) is 22.7 Å². The molecule has 0 aliphatic heterocycles. The topological polar surface area (TPSA) is 0 Å². The van der Waals surface area contributed by atoms with Gasteiger partial charge < -0.3 is 0 Å². The highest BCUT2D eigenvalue weighted by Gasteiger charge is 2.00. The van der Waals surface area contributed by atoms with Crippen LogP contribution in [0.5, 0.6) is 0 Å². The van der Waals surface area contributed by atoms with Crippen molar-refractivity contribution in [1.29, 1.82) is 0 Å². The Hall–Kier alpha value is -0.380. The molecule has 0 radical (unpaired) electrons. The predicted octanol–water partition coefficient (Wildman–Crippen LogP) is 4.88. The van der Waals surface area contributed by atoms with Crippen molar-refractivity contribution in [2.24, 2.45) is 0 Å². The Morgan fingerprint density at radius 3 is 3.00 bits per heavy atom. The summed E-state index contributed by atoms with van der Waals surface area (Å²) in [6.45, 7) is 0. The van der Waals surface area contributed by atoms with Crippen LogP contribution < -0.4 is 0 Å². The van der Waals surface area contributed by atoms with E-state index < -0.39 is 0 Å². The van der Waals surface area contributed by atoms with Gasteiger partial charge in [0.05, 0.1) is 0 Å². The van der Waals surface area contributed by atoms with Gasteiger partial charge in [-0.05, 0) is 29.0 Å². The van der Waals surface area contributed by atoms with Crippen molar-refractivity contribution < 1.29 is 0 Å². The molecule has 2 aromatic heterocycles. The first-order chi connectivity index (χ1) is 6.90. The van der Waals surface area contributed by atoms with E-state index in [1.807, 2.05) is 0 Å². The molecule has 2 heterocycles. The van der Waals surface area contributed by atoms with Gasteiger partial charge in [0.1, 0.15) is 0 Å². The zero-order valence-electron chi connectivity index (χ0n) is 7.44. The van der Waals surface area contributed by atoms with E-state index in [9.17, 15) is 0 Å². The fourth-order valence-electron chi connectivity index (χ4n) is 1.17. The number of alkyl halides is 1. The highest BCUT2D eigenvalue weighted by atomic mass is 79.9. The van der Waals surface area contributed by atoms with Crippen LogP contribution in [0.1, 0.15) is 4.88 Å². The maximum Gasteiger partial charge on any atom is 0.0351 e. The Morgan fingerprint density at radius 1 is 1.36 bits per heavy atom. The van der Waals surface area contributed by atoms with Gasteiger partial charge in [0.25, 0.3) is 0 Å². The van der Waals surface area contributed by atoms with Gasteiger partial charge in [0.15, 0.2) is 0 Å². The maximum absolute atomic E-state index is 3.37. The number of halogens is 1. The summed E-state index contributed by atoms with van der Waals surface area (Å²) in [7, 11) is 0. The molecule has 0 nitrogen and oxygen atoms in total. The Labute approximate surface area is 100 Å².